The van der Waals surface area contributed by atoms with Gasteiger partial charge in [0.2, 0.25) is 0 Å². The molecule has 0 N–H and O–H groups in total. The van der Waals surface area contributed by atoms with Gasteiger partial charge in [-0.15, -0.1) is 0 Å². The van der Waals surface area contributed by atoms with Crippen molar-refractivity contribution in [2.45, 2.75) is 64.5 Å². The fourth-order valence-electron chi connectivity index (χ4n) is 2.39. The second-order valence-electron chi connectivity index (χ2n) is 7.32. The Labute approximate surface area is 134 Å². The van der Waals surface area contributed by atoms with Crippen LogP contribution >= 0.6 is 0 Å². The lowest BCUT2D eigenvalue weighted by molar-refractivity contribution is 0.357. The van der Waals surface area contributed by atoms with Gasteiger partial charge in [-0.1, -0.05) is 0 Å². The first-order valence-electron chi connectivity index (χ1n) is 8.41. The molecule has 0 spiro atoms. The summed E-state index contributed by atoms with van der Waals surface area (Å²) in [6.45, 7) is 12.3. The fourth-order valence-corrected chi connectivity index (χ4v) is 2.39. The van der Waals surface area contributed by atoms with Crippen molar-refractivity contribution in [3.63, 3.8) is 0 Å². The molecule has 0 unspecified atom stereocenters. The molecule has 0 saturated carbocycles. The molecule has 2 heterocycles. The van der Waals surface area contributed by atoms with E-state index in [-0.39, 0.29) is 11.1 Å². The highest BCUT2D eigenvalue weighted by atomic mass is 15.5. The molecule has 0 aromatic rings. The van der Waals surface area contributed by atoms with Gasteiger partial charge in [0.15, 0.2) is 0 Å². The summed E-state index contributed by atoms with van der Waals surface area (Å²) >= 11 is 0. The van der Waals surface area contributed by atoms with Crippen LogP contribution in [0.4, 0.5) is 0 Å². The highest BCUT2D eigenvalue weighted by molar-refractivity contribution is 5.70. The van der Waals surface area contributed by atoms with E-state index >= 15 is 0 Å². The monoisotopic (exact) mass is 306 g/mol. The number of azo groups is 1. The van der Waals surface area contributed by atoms with E-state index in [1.54, 1.807) is 0 Å². The van der Waals surface area contributed by atoms with Crippen LogP contribution in [-0.4, -0.2) is 59.7 Å². The van der Waals surface area contributed by atoms with E-state index in [9.17, 15) is 0 Å². The summed E-state index contributed by atoms with van der Waals surface area (Å²) in [6.07, 6.45) is 8.74. The Morgan fingerprint density at radius 3 is 1.27 bits per heavy atom. The molecule has 0 atom stereocenters. The first kappa shape index (κ1) is 16.9. The van der Waals surface area contributed by atoms with Crippen LogP contribution in [0.15, 0.2) is 20.4 Å². The van der Waals surface area contributed by atoms with Gasteiger partial charge in [-0.05, 0) is 53.4 Å². The zero-order valence-electron chi connectivity index (χ0n) is 14.5. The summed E-state index contributed by atoms with van der Waals surface area (Å²) in [6, 6.07) is 0. The van der Waals surface area contributed by atoms with Gasteiger partial charge in [0.05, 0.1) is 12.4 Å². The summed E-state index contributed by atoms with van der Waals surface area (Å²) in [7, 11) is 0. The van der Waals surface area contributed by atoms with Crippen LogP contribution in [-0.2, 0) is 0 Å². The largest absolute Gasteiger partial charge is 0.297 e. The minimum atomic E-state index is -0.388. The smallest absolute Gasteiger partial charge is 0.113 e. The molecule has 6 heteroatoms. The van der Waals surface area contributed by atoms with Gasteiger partial charge < -0.3 is 0 Å². The maximum Gasteiger partial charge on any atom is 0.113 e. The van der Waals surface area contributed by atoms with E-state index < -0.39 is 0 Å². The highest BCUT2D eigenvalue weighted by Crippen LogP contribution is 2.15. The Bertz CT molecular complexity index is 386. The van der Waals surface area contributed by atoms with E-state index in [1.165, 1.54) is 25.7 Å². The first-order valence-corrected chi connectivity index (χ1v) is 8.41. The molecule has 0 aromatic carbocycles. The third-order valence-corrected chi connectivity index (χ3v) is 3.80. The van der Waals surface area contributed by atoms with Gasteiger partial charge in [0.1, 0.15) is 11.1 Å². The lowest BCUT2D eigenvalue weighted by atomic mass is 10.1. The Hall–Kier alpha value is -1.46. The molecule has 2 fully saturated rings. The molecular weight excluding hydrogens is 276 g/mol. The molecule has 6 nitrogen and oxygen atoms in total. The first-order chi connectivity index (χ1) is 10.4. The molecule has 124 valence electrons. The minimum absolute atomic E-state index is 0.388. The maximum atomic E-state index is 4.52. The van der Waals surface area contributed by atoms with E-state index in [0.29, 0.717) is 0 Å². The van der Waals surface area contributed by atoms with Gasteiger partial charge in [-0.3, -0.25) is 10.0 Å². The fraction of sp³-hybridized carbons (Fsp3) is 0.875. The van der Waals surface area contributed by atoms with Crippen molar-refractivity contribution in [3.05, 3.63) is 0 Å². The average molecular weight is 306 g/mol. The topological polar surface area (TPSA) is 55.9 Å². The van der Waals surface area contributed by atoms with Gasteiger partial charge in [-0.2, -0.15) is 20.4 Å². The van der Waals surface area contributed by atoms with Crippen molar-refractivity contribution in [3.8, 4) is 0 Å². The Kier molecular flexibility index (Phi) is 5.53. The second-order valence-corrected chi connectivity index (χ2v) is 7.32. The maximum absolute atomic E-state index is 4.52. The molecule has 2 aliphatic heterocycles. The summed E-state index contributed by atoms with van der Waals surface area (Å²) in [4.78, 5) is 0. The molecule has 0 aromatic heterocycles. The molecular formula is C16H30N6. The van der Waals surface area contributed by atoms with Crippen LogP contribution in [0.5, 0.6) is 0 Å². The zero-order valence-corrected chi connectivity index (χ0v) is 14.5. The van der Waals surface area contributed by atoms with Gasteiger partial charge >= 0.3 is 0 Å². The minimum Gasteiger partial charge on any atom is -0.297 e. The predicted octanol–water partition coefficient (Wildman–Crippen LogP) is 3.16. The molecule has 2 saturated heterocycles. The van der Waals surface area contributed by atoms with Crippen LogP contribution < -0.4 is 0 Å². The summed E-state index contributed by atoms with van der Waals surface area (Å²) in [5, 5.41) is 22.2. The normalized spacial score (nSPS) is 21.3. The van der Waals surface area contributed by atoms with Gasteiger partial charge in [0, 0.05) is 26.2 Å². The zero-order chi connectivity index (χ0) is 16.1. The van der Waals surface area contributed by atoms with E-state index in [2.05, 4.69) is 30.4 Å². The Morgan fingerprint density at radius 2 is 0.955 bits per heavy atom. The Morgan fingerprint density at radius 1 is 0.636 bits per heavy atom. The van der Waals surface area contributed by atoms with E-state index in [4.69, 9.17) is 0 Å². The molecule has 0 bridgehead atoms. The van der Waals surface area contributed by atoms with Crippen LogP contribution in [0, 0.1) is 0 Å². The number of nitrogens with zero attached hydrogens (tertiary/aromatic N) is 6. The highest BCUT2D eigenvalue weighted by Gasteiger charge is 2.20. The standard InChI is InChI=1S/C16H30N6/c1-15(2,13-17-21-9-5-6-10-21)19-20-16(3,4)14-18-22-11-7-8-12-22/h13-14H,5-12H2,1-4H3. The van der Waals surface area contributed by atoms with Gasteiger partial charge in [-0.25, -0.2) is 0 Å². The van der Waals surface area contributed by atoms with E-state index in [1.807, 2.05) is 40.1 Å². The lowest BCUT2D eigenvalue weighted by Gasteiger charge is -2.19. The summed E-state index contributed by atoms with van der Waals surface area (Å²) in [5.74, 6) is 0. The Balaban J connectivity index is 1.89. The van der Waals surface area contributed by atoms with Crippen molar-refractivity contribution in [2.75, 3.05) is 26.2 Å². The van der Waals surface area contributed by atoms with Crippen molar-refractivity contribution < 1.29 is 0 Å². The molecule has 0 amide bonds. The van der Waals surface area contributed by atoms with Gasteiger partial charge in [0.25, 0.3) is 0 Å². The number of hydrogen-bond acceptors (Lipinski definition) is 6. The molecule has 2 rings (SSSR count). The van der Waals surface area contributed by atoms with Crippen LogP contribution in [0.2, 0.25) is 0 Å². The molecule has 0 radical (unpaired) electrons. The van der Waals surface area contributed by atoms with Crippen LogP contribution in [0.1, 0.15) is 53.4 Å². The van der Waals surface area contributed by atoms with E-state index in [0.717, 1.165) is 26.2 Å². The number of hydrogen-bond donors (Lipinski definition) is 0. The third-order valence-electron chi connectivity index (χ3n) is 3.80. The number of hydrazone groups is 2. The molecule has 2 aliphatic rings. The number of rotatable bonds is 6. The summed E-state index contributed by atoms with van der Waals surface area (Å²) < 4.78 is 0. The van der Waals surface area contributed by atoms with Crippen LogP contribution in [0.3, 0.4) is 0 Å². The van der Waals surface area contributed by atoms with Crippen LogP contribution in [0.25, 0.3) is 0 Å². The predicted molar refractivity (Wildman–Crippen MR) is 91.6 cm³/mol. The van der Waals surface area contributed by atoms with Crippen molar-refractivity contribution in [2.24, 2.45) is 20.4 Å². The van der Waals surface area contributed by atoms with Crippen molar-refractivity contribution in [1.82, 2.24) is 10.0 Å². The quantitative estimate of drug-likeness (QED) is 0.559. The lowest BCUT2D eigenvalue weighted by Crippen LogP contribution is -2.26. The summed E-state index contributed by atoms with van der Waals surface area (Å²) in [5.41, 5.74) is -0.775. The second kappa shape index (κ2) is 7.20. The third kappa shape index (κ3) is 5.73. The average Bonchev–Trinajstić information content (AvgIpc) is 3.14. The van der Waals surface area contributed by atoms with Crippen molar-refractivity contribution >= 4 is 12.4 Å². The molecule has 0 aliphatic carbocycles. The molecule has 22 heavy (non-hydrogen) atoms. The SMILES string of the molecule is CC(C)(C=NN1CCCC1)N=NC(C)(C)C=NN1CCCC1. The van der Waals surface area contributed by atoms with Crippen molar-refractivity contribution in [1.29, 1.82) is 0 Å².